The van der Waals surface area contributed by atoms with Crippen molar-refractivity contribution in [1.29, 1.82) is 0 Å². The van der Waals surface area contributed by atoms with Gasteiger partial charge in [0.1, 0.15) is 11.2 Å². The molecule has 200 valence electrons. The van der Waals surface area contributed by atoms with E-state index in [1.54, 1.807) is 55.5 Å². The molecule has 3 rings (SSSR count). The van der Waals surface area contributed by atoms with Gasteiger partial charge in [0, 0.05) is 29.9 Å². The number of carbonyl (C=O) groups excluding carboxylic acids is 3. The molecule has 0 aliphatic heterocycles. The number of rotatable bonds is 11. The number of anilines is 1. The van der Waals surface area contributed by atoms with Gasteiger partial charge >= 0.3 is 5.97 Å². The van der Waals surface area contributed by atoms with E-state index in [1.807, 2.05) is 24.3 Å². The Kier molecular flexibility index (Phi) is 8.86. The Hall–Kier alpha value is -3.81. The smallest absolute Gasteiger partial charge is 0.338 e. The van der Waals surface area contributed by atoms with Crippen molar-refractivity contribution in [2.75, 3.05) is 11.5 Å². The second-order valence-corrected chi connectivity index (χ2v) is 10.3. The van der Waals surface area contributed by atoms with Gasteiger partial charge in [-0.2, -0.15) is 0 Å². The molecule has 38 heavy (non-hydrogen) atoms. The first kappa shape index (κ1) is 28.8. The molecule has 0 aromatic heterocycles. The van der Waals surface area contributed by atoms with Gasteiger partial charge in [-0.3, -0.25) is 9.59 Å². The van der Waals surface area contributed by atoms with Crippen LogP contribution in [0.3, 0.4) is 0 Å². The maximum atomic E-state index is 12.6. The zero-order valence-electron chi connectivity index (χ0n) is 22.5. The molecule has 3 aromatic carbocycles. The molecule has 3 aromatic rings. The molecule has 0 saturated carbocycles. The highest BCUT2D eigenvalue weighted by atomic mass is 16.5. The number of hydrogen-bond donors (Lipinski definition) is 2. The summed E-state index contributed by atoms with van der Waals surface area (Å²) in [6.45, 7) is 8.70. The van der Waals surface area contributed by atoms with Gasteiger partial charge in [-0.15, -0.1) is 0 Å². The Balaban J connectivity index is 1.96. The van der Waals surface area contributed by atoms with E-state index >= 15 is 0 Å². The number of Topliss-reactive ketones (excluding diaryl/α,β-unsaturated/α-hetero) is 2. The minimum atomic E-state index is -1.49. The summed E-state index contributed by atoms with van der Waals surface area (Å²) in [5, 5.41) is 20.4. The van der Waals surface area contributed by atoms with Crippen molar-refractivity contribution in [2.45, 2.75) is 58.9 Å². The predicted molar refractivity (Wildman–Crippen MR) is 146 cm³/mol. The van der Waals surface area contributed by atoms with Crippen LogP contribution < -0.4 is 4.90 Å². The van der Waals surface area contributed by atoms with Crippen LogP contribution in [0, 0.1) is 0 Å². The fourth-order valence-corrected chi connectivity index (χ4v) is 4.03. The zero-order valence-corrected chi connectivity index (χ0v) is 22.5. The van der Waals surface area contributed by atoms with Crippen LogP contribution in [0.4, 0.5) is 5.69 Å². The van der Waals surface area contributed by atoms with E-state index < -0.39 is 17.2 Å². The summed E-state index contributed by atoms with van der Waals surface area (Å²) in [6.07, 6.45) is 0. The molecule has 0 heterocycles. The SMILES string of the molecule is CCOC(=O)c1ccc(N(Cc2cccc(C(=O)C(C)(C)O)c2)Cc2cccc(C(=O)C(C)(C)O)c2)cc1. The lowest BCUT2D eigenvalue weighted by molar-refractivity contribution is 0.0487. The van der Waals surface area contributed by atoms with Crippen LogP contribution in [-0.4, -0.2) is 45.6 Å². The minimum Gasteiger partial charge on any atom is -0.462 e. The van der Waals surface area contributed by atoms with E-state index in [-0.39, 0.29) is 18.2 Å². The number of carbonyl (C=O) groups is 3. The Morgan fingerprint density at radius 3 is 1.55 bits per heavy atom. The number of esters is 1. The lowest BCUT2D eigenvalue weighted by atomic mass is 9.95. The second-order valence-electron chi connectivity index (χ2n) is 10.3. The normalized spacial score (nSPS) is 11.7. The van der Waals surface area contributed by atoms with E-state index in [0.29, 0.717) is 29.8 Å². The van der Waals surface area contributed by atoms with Crippen LogP contribution >= 0.6 is 0 Å². The molecule has 0 bridgehead atoms. The quantitative estimate of drug-likeness (QED) is 0.273. The largest absolute Gasteiger partial charge is 0.462 e. The summed E-state index contributed by atoms with van der Waals surface area (Å²) >= 11 is 0. The number of ether oxygens (including phenoxy) is 1. The highest BCUT2D eigenvalue weighted by Crippen LogP contribution is 2.24. The first-order valence-electron chi connectivity index (χ1n) is 12.5. The Morgan fingerprint density at radius 1 is 0.711 bits per heavy atom. The lowest BCUT2D eigenvalue weighted by Gasteiger charge is -2.26. The molecule has 0 atom stereocenters. The van der Waals surface area contributed by atoms with Crippen molar-refractivity contribution in [1.82, 2.24) is 0 Å². The monoisotopic (exact) mass is 517 g/mol. The molecule has 0 radical (unpaired) electrons. The molecule has 7 heteroatoms. The topological polar surface area (TPSA) is 104 Å². The zero-order chi connectivity index (χ0) is 28.1. The average Bonchev–Trinajstić information content (AvgIpc) is 2.87. The first-order valence-corrected chi connectivity index (χ1v) is 12.5. The highest BCUT2D eigenvalue weighted by molar-refractivity contribution is 6.02. The predicted octanol–water partition coefficient (Wildman–Crippen LogP) is 4.98. The molecule has 0 saturated heterocycles. The van der Waals surface area contributed by atoms with E-state index in [4.69, 9.17) is 4.74 Å². The first-order chi connectivity index (χ1) is 17.8. The standard InChI is InChI=1S/C31H35NO6/c1-6-38-29(35)23-13-15-26(16-14-23)32(19-21-9-7-11-24(17-21)27(33)30(2,3)36)20-22-10-8-12-25(18-22)28(34)31(4,5)37/h7-18,36-37H,6,19-20H2,1-5H3. The molecule has 0 aliphatic carbocycles. The van der Waals surface area contributed by atoms with Crippen molar-refractivity contribution in [3.63, 3.8) is 0 Å². The number of aliphatic hydroxyl groups is 2. The number of benzene rings is 3. The molecule has 0 spiro atoms. The summed E-state index contributed by atoms with van der Waals surface area (Å²) in [7, 11) is 0. The fourth-order valence-electron chi connectivity index (χ4n) is 4.03. The van der Waals surface area contributed by atoms with Crippen LogP contribution in [-0.2, 0) is 17.8 Å². The second kappa shape index (κ2) is 11.7. The summed E-state index contributed by atoms with van der Waals surface area (Å²) < 4.78 is 5.09. The van der Waals surface area contributed by atoms with Gasteiger partial charge in [0.25, 0.3) is 0 Å². The highest BCUT2D eigenvalue weighted by Gasteiger charge is 2.26. The van der Waals surface area contributed by atoms with Gasteiger partial charge < -0.3 is 19.8 Å². The summed E-state index contributed by atoms with van der Waals surface area (Å²) in [6, 6.07) is 21.3. The van der Waals surface area contributed by atoms with Gasteiger partial charge in [0.05, 0.1) is 12.2 Å². The van der Waals surface area contributed by atoms with Crippen molar-refractivity contribution < 1.29 is 29.3 Å². The van der Waals surface area contributed by atoms with Crippen LogP contribution in [0.5, 0.6) is 0 Å². The maximum absolute atomic E-state index is 12.6. The van der Waals surface area contributed by atoms with Crippen LogP contribution in [0.25, 0.3) is 0 Å². The van der Waals surface area contributed by atoms with Crippen molar-refractivity contribution in [3.05, 3.63) is 101 Å². The van der Waals surface area contributed by atoms with Crippen molar-refractivity contribution >= 4 is 23.2 Å². The van der Waals surface area contributed by atoms with Crippen LogP contribution in [0.1, 0.15) is 76.8 Å². The number of nitrogens with zero attached hydrogens (tertiary/aromatic N) is 1. The van der Waals surface area contributed by atoms with Gasteiger partial charge in [-0.1, -0.05) is 36.4 Å². The molecule has 0 fully saturated rings. The van der Waals surface area contributed by atoms with Gasteiger partial charge in [-0.05, 0) is 82.1 Å². The molecule has 0 aliphatic rings. The summed E-state index contributed by atoms with van der Waals surface area (Å²) in [5.41, 5.74) is 0.776. The molecular formula is C31H35NO6. The Labute approximate surface area is 223 Å². The molecule has 0 unspecified atom stereocenters. The molecule has 2 N–H and O–H groups in total. The summed E-state index contributed by atoms with van der Waals surface area (Å²) in [5.74, 6) is -1.15. The minimum absolute atomic E-state index is 0.284. The van der Waals surface area contributed by atoms with Crippen molar-refractivity contribution in [3.8, 4) is 0 Å². The third-order valence-corrected chi connectivity index (χ3v) is 5.98. The third-order valence-electron chi connectivity index (χ3n) is 5.98. The lowest BCUT2D eigenvalue weighted by Crippen LogP contribution is -2.31. The average molecular weight is 518 g/mol. The Morgan fingerprint density at radius 2 is 1.16 bits per heavy atom. The molecular weight excluding hydrogens is 482 g/mol. The number of ketones is 2. The van der Waals surface area contributed by atoms with Gasteiger partial charge in [-0.25, -0.2) is 4.79 Å². The van der Waals surface area contributed by atoms with Crippen molar-refractivity contribution in [2.24, 2.45) is 0 Å². The van der Waals surface area contributed by atoms with Gasteiger partial charge in [0.15, 0.2) is 11.6 Å². The van der Waals surface area contributed by atoms with Gasteiger partial charge in [0.2, 0.25) is 0 Å². The van der Waals surface area contributed by atoms with E-state index in [2.05, 4.69) is 4.90 Å². The van der Waals surface area contributed by atoms with E-state index in [9.17, 15) is 24.6 Å². The van der Waals surface area contributed by atoms with E-state index in [1.165, 1.54) is 27.7 Å². The maximum Gasteiger partial charge on any atom is 0.338 e. The number of hydrogen-bond acceptors (Lipinski definition) is 7. The van der Waals surface area contributed by atoms with Crippen LogP contribution in [0.2, 0.25) is 0 Å². The summed E-state index contributed by atoms with van der Waals surface area (Å²) in [4.78, 5) is 39.5. The third kappa shape index (κ3) is 7.37. The van der Waals surface area contributed by atoms with E-state index in [0.717, 1.165) is 16.8 Å². The Bertz CT molecular complexity index is 1230. The van der Waals surface area contributed by atoms with Crippen LogP contribution in [0.15, 0.2) is 72.8 Å². The molecule has 0 amide bonds. The molecule has 7 nitrogen and oxygen atoms in total. The fraction of sp³-hybridized carbons (Fsp3) is 0.323.